The highest BCUT2D eigenvalue weighted by Crippen LogP contribution is 2.38. The lowest BCUT2D eigenvalue weighted by Crippen LogP contribution is -2.41. The molecule has 130 valence electrons. The number of nitrogens with zero attached hydrogens (tertiary/aromatic N) is 1. The van der Waals surface area contributed by atoms with Crippen LogP contribution < -0.4 is 4.74 Å². The molecule has 0 bridgehead atoms. The summed E-state index contributed by atoms with van der Waals surface area (Å²) < 4.78 is 65.9. The lowest BCUT2D eigenvalue weighted by atomic mass is 9.85. The molecule has 0 amide bonds. The Hall–Kier alpha value is -2.22. The van der Waals surface area contributed by atoms with Crippen LogP contribution >= 0.6 is 0 Å². The summed E-state index contributed by atoms with van der Waals surface area (Å²) in [7, 11) is 0. The second kappa shape index (κ2) is 6.35. The third-order valence-corrected chi connectivity index (χ3v) is 3.56. The van der Waals surface area contributed by atoms with E-state index in [2.05, 4.69) is 9.72 Å². The Morgan fingerprint density at radius 3 is 2.08 bits per heavy atom. The van der Waals surface area contributed by atoms with Crippen molar-refractivity contribution < 1.29 is 31.8 Å². The van der Waals surface area contributed by atoms with E-state index >= 15 is 0 Å². The molecule has 1 heterocycles. The van der Waals surface area contributed by atoms with Crippen LogP contribution in [0.25, 0.3) is 0 Å². The summed E-state index contributed by atoms with van der Waals surface area (Å²) in [5.74, 6) is -0.661. The van der Waals surface area contributed by atoms with Gasteiger partial charge in [0.15, 0.2) is 0 Å². The highest BCUT2D eigenvalue weighted by atomic mass is 19.4. The topological polar surface area (TPSA) is 42.4 Å². The average molecular weight is 347 g/mol. The summed E-state index contributed by atoms with van der Waals surface area (Å²) >= 11 is 0. The lowest BCUT2D eigenvalue weighted by molar-refractivity contribution is -0.360. The summed E-state index contributed by atoms with van der Waals surface area (Å²) in [5, 5.41) is 10.8. The monoisotopic (exact) mass is 347 g/mol. The van der Waals surface area contributed by atoms with Crippen molar-refractivity contribution in [3.63, 3.8) is 0 Å². The minimum atomic E-state index is -5.81. The number of benzene rings is 1. The van der Waals surface area contributed by atoms with Gasteiger partial charge in [-0.25, -0.2) is 0 Å². The Labute approximate surface area is 134 Å². The van der Waals surface area contributed by atoms with Crippen LogP contribution in [-0.2, 0) is 5.60 Å². The Kier molecular flexibility index (Phi) is 4.80. The molecule has 0 aliphatic rings. The van der Waals surface area contributed by atoms with Gasteiger partial charge in [-0.15, -0.1) is 0 Å². The number of rotatable bonds is 5. The summed E-state index contributed by atoms with van der Waals surface area (Å²) in [5.41, 5.74) is -0.651. The van der Waals surface area contributed by atoms with E-state index in [0.717, 1.165) is 12.1 Å². The van der Waals surface area contributed by atoms with Gasteiger partial charge in [-0.3, -0.25) is 4.98 Å². The molecule has 2 rings (SSSR count). The smallest absolute Gasteiger partial charge is 0.426 e. The standard InChI is InChI=1S/C16H14F5NO2/c1-2-14(23,12-4-3-9-22-10-12)11-5-7-13(8-6-11)24-16(20,21)15(17,18)19/h3-10,23H,2H2,1H3. The van der Waals surface area contributed by atoms with Crippen LogP contribution in [0.4, 0.5) is 22.0 Å². The summed E-state index contributed by atoms with van der Waals surface area (Å²) in [6.45, 7) is 1.70. The number of pyridine rings is 1. The molecular formula is C16H14F5NO2. The molecule has 0 spiro atoms. The van der Waals surface area contributed by atoms with Gasteiger partial charge < -0.3 is 9.84 Å². The lowest BCUT2D eigenvalue weighted by Gasteiger charge is -2.28. The highest BCUT2D eigenvalue weighted by Gasteiger charge is 2.61. The van der Waals surface area contributed by atoms with Gasteiger partial charge in [0.05, 0.1) is 0 Å². The number of ether oxygens (including phenoxy) is 1. The van der Waals surface area contributed by atoms with Gasteiger partial charge in [0.2, 0.25) is 0 Å². The van der Waals surface area contributed by atoms with Crippen molar-refractivity contribution >= 4 is 0 Å². The maximum absolute atomic E-state index is 12.9. The molecule has 0 fully saturated rings. The van der Waals surface area contributed by atoms with Gasteiger partial charge in [-0.2, -0.15) is 22.0 Å². The maximum atomic E-state index is 12.9. The zero-order valence-corrected chi connectivity index (χ0v) is 12.5. The van der Waals surface area contributed by atoms with Crippen LogP contribution in [0.1, 0.15) is 24.5 Å². The predicted molar refractivity (Wildman–Crippen MR) is 75.6 cm³/mol. The first-order chi connectivity index (χ1) is 11.1. The fourth-order valence-electron chi connectivity index (χ4n) is 2.19. The molecule has 0 aliphatic carbocycles. The van der Waals surface area contributed by atoms with E-state index in [-0.39, 0.29) is 6.42 Å². The number of aromatic nitrogens is 1. The third-order valence-electron chi connectivity index (χ3n) is 3.56. The van der Waals surface area contributed by atoms with E-state index in [1.165, 1.54) is 24.5 Å². The SMILES string of the molecule is CCC(O)(c1ccc(OC(F)(F)C(F)(F)F)cc1)c1cccnc1. The van der Waals surface area contributed by atoms with Crippen LogP contribution in [0.15, 0.2) is 48.8 Å². The zero-order chi connectivity index (χ0) is 18.0. The molecular weight excluding hydrogens is 333 g/mol. The Bertz CT molecular complexity index is 673. The third kappa shape index (κ3) is 3.48. The molecule has 0 saturated carbocycles. The van der Waals surface area contributed by atoms with Gasteiger partial charge in [0.25, 0.3) is 0 Å². The van der Waals surface area contributed by atoms with Crippen LogP contribution in [0.2, 0.25) is 0 Å². The van der Waals surface area contributed by atoms with E-state index in [1.807, 2.05) is 0 Å². The number of hydrogen-bond donors (Lipinski definition) is 1. The van der Waals surface area contributed by atoms with Gasteiger partial charge >= 0.3 is 12.3 Å². The van der Waals surface area contributed by atoms with Crippen molar-refractivity contribution in [2.45, 2.75) is 31.2 Å². The zero-order valence-electron chi connectivity index (χ0n) is 12.5. The van der Waals surface area contributed by atoms with Gasteiger partial charge in [-0.1, -0.05) is 25.1 Å². The summed E-state index contributed by atoms with van der Waals surface area (Å²) in [4.78, 5) is 3.91. The molecule has 2 aromatic rings. The molecule has 0 aliphatic heterocycles. The van der Waals surface area contributed by atoms with Gasteiger partial charge in [-0.05, 0) is 30.2 Å². The fourth-order valence-corrected chi connectivity index (χ4v) is 2.19. The van der Waals surface area contributed by atoms with Gasteiger partial charge in [0, 0.05) is 18.0 Å². The molecule has 0 saturated heterocycles. The molecule has 1 N–H and O–H groups in total. The van der Waals surface area contributed by atoms with Gasteiger partial charge in [0.1, 0.15) is 11.4 Å². The first kappa shape index (κ1) is 18.1. The second-order valence-corrected chi connectivity index (χ2v) is 5.10. The van der Waals surface area contributed by atoms with Crippen LogP contribution in [-0.4, -0.2) is 22.4 Å². The summed E-state index contributed by atoms with van der Waals surface area (Å²) in [6, 6.07) is 7.63. The van der Waals surface area contributed by atoms with Crippen molar-refractivity contribution in [1.29, 1.82) is 0 Å². The molecule has 1 unspecified atom stereocenters. The molecule has 8 heteroatoms. The van der Waals surface area contributed by atoms with Crippen molar-refractivity contribution in [1.82, 2.24) is 4.98 Å². The second-order valence-electron chi connectivity index (χ2n) is 5.10. The van der Waals surface area contributed by atoms with E-state index in [4.69, 9.17) is 0 Å². The number of alkyl halides is 5. The summed E-state index contributed by atoms with van der Waals surface area (Å²) in [6.07, 6.45) is -7.89. The number of aliphatic hydroxyl groups is 1. The minimum Gasteiger partial charge on any atom is -0.426 e. The van der Waals surface area contributed by atoms with Crippen molar-refractivity contribution in [2.75, 3.05) is 0 Å². The van der Waals surface area contributed by atoms with Crippen molar-refractivity contribution in [3.05, 3.63) is 59.9 Å². The van der Waals surface area contributed by atoms with Crippen LogP contribution in [0, 0.1) is 0 Å². The first-order valence-corrected chi connectivity index (χ1v) is 6.97. The maximum Gasteiger partial charge on any atom is 0.499 e. The Balaban J connectivity index is 2.29. The molecule has 1 aromatic heterocycles. The fraction of sp³-hybridized carbons (Fsp3) is 0.312. The normalized spacial score (nSPS) is 15.0. The van der Waals surface area contributed by atoms with Crippen molar-refractivity contribution in [2.24, 2.45) is 0 Å². The largest absolute Gasteiger partial charge is 0.499 e. The average Bonchev–Trinajstić information content (AvgIpc) is 2.54. The minimum absolute atomic E-state index is 0.248. The Morgan fingerprint density at radius 1 is 1.00 bits per heavy atom. The van der Waals surface area contributed by atoms with Crippen molar-refractivity contribution in [3.8, 4) is 5.75 Å². The number of halogens is 5. The predicted octanol–water partition coefficient (Wildman–Crippen LogP) is 4.26. The molecule has 0 radical (unpaired) electrons. The molecule has 1 aromatic carbocycles. The molecule has 3 nitrogen and oxygen atoms in total. The Morgan fingerprint density at radius 2 is 1.62 bits per heavy atom. The molecule has 24 heavy (non-hydrogen) atoms. The highest BCUT2D eigenvalue weighted by molar-refractivity contribution is 5.37. The quantitative estimate of drug-likeness (QED) is 0.822. The first-order valence-electron chi connectivity index (χ1n) is 6.97. The van der Waals surface area contributed by atoms with E-state index in [1.54, 1.807) is 19.1 Å². The number of hydrogen-bond acceptors (Lipinski definition) is 3. The van der Waals surface area contributed by atoms with E-state index in [9.17, 15) is 27.1 Å². The van der Waals surface area contributed by atoms with Crippen LogP contribution in [0.3, 0.4) is 0 Å². The van der Waals surface area contributed by atoms with E-state index < -0.39 is 23.6 Å². The van der Waals surface area contributed by atoms with Crippen LogP contribution in [0.5, 0.6) is 5.75 Å². The molecule has 1 atom stereocenters. The van der Waals surface area contributed by atoms with E-state index in [0.29, 0.717) is 11.1 Å².